The number of hydrogen-bond donors (Lipinski definition) is 1. The number of hydrogen-bond acceptors (Lipinski definition) is 3. The molecule has 0 spiro atoms. The Morgan fingerprint density at radius 3 is 2.69 bits per heavy atom. The number of benzene rings is 1. The first kappa shape index (κ1) is 12.8. The molecule has 0 unspecified atom stereocenters. The summed E-state index contributed by atoms with van der Waals surface area (Å²) in [6, 6.07) is 6.24. The third-order valence-electron chi connectivity index (χ3n) is 2.69. The fourth-order valence-electron chi connectivity index (χ4n) is 1.71. The van der Waals surface area contributed by atoms with E-state index < -0.39 is 0 Å². The number of ether oxygens (including phenoxy) is 1. The van der Waals surface area contributed by atoms with Crippen LogP contribution in [0.15, 0.2) is 18.2 Å². The molecule has 0 atom stereocenters. The normalized spacial score (nSPS) is 10.2. The lowest BCUT2D eigenvalue weighted by Crippen LogP contribution is -2.20. The molecule has 0 aliphatic heterocycles. The number of methoxy groups -OCH3 is 1. The molecule has 0 aliphatic rings. The second-order valence-electron chi connectivity index (χ2n) is 4.09. The van der Waals surface area contributed by atoms with E-state index in [4.69, 9.17) is 10.5 Å². The van der Waals surface area contributed by atoms with Gasteiger partial charge in [0.1, 0.15) is 5.75 Å². The highest BCUT2D eigenvalue weighted by molar-refractivity contribution is 5.59. The molecule has 16 heavy (non-hydrogen) atoms. The summed E-state index contributed by atoms with van der Waals surface area (Å²) in [7, 11) is 3.80. The fourth-order valence-corrected chi connectivity index (χ4v) is 1.71. The number of unbranched alkanes of at least 4 members (excludes halogenated alkanes) is 1. The van der Waals surface area contributed by atoms with Gasteiger partial charge in [-0.25, -0.2) is 0 Å². The van der Waals surface area contributed by atoms with Crippen LogP contribution in [0.5, 0.6) is 5.75 Å². The van der Waals surface area contributed by atoms with E-state index in [9.17, 15) is 0 Å². The van der Waals surface area contributed by atoms with Gasteiger partial charge in [-0.15, -0.1) is 0 Å². The molecule has 0 bridgehead atoms. The molecule has 90 valence electrons. The molecule has 0 heterocycles. The molecule has 0 aliphatic carbocycles. The first-order valence-electron chi connectivity index (χ1n) is 5.75. The summed E-state index contributed by atoms with van der Waals surface area (Å²) in [4.78, 5) is 2.22. The topological polar surface area (TPSA) is 38.5 Å². The van der Waals surface area contributed by atoms with E-state index >= 15 is 0 Å². The van der Waals surface area contributed by atoms with Crippen LogP contribution in [0.25, 0.3) is 0 Å². The Hall–Kier alpha value is -1.22. The van der Waals surface area contributed by atoms with Crippen molar-refractivity contribution in [2.45, 2.75) is 19.8 Å². The number of aryl methyl sites for hydroxylation is 1. The van der Waals surface area contributed by atoms with Gasteiger partial charge in [0.25, 0.3) is 0 Å². The van der Waals surface area contributed by atoms with Gasteiger partial charge in [0, 0.05) is 13.6 Å². The van der Waals surface area contributed by atoms with Crippen molar-refractivity contribution in [1.82, 2.24) is 0 Å². The minimum atomic E-state index is 0.763. The summed E-state index contributed by atoms with van der Waals surface area (Å²) in [6.45, 7) is 3.87. The van der Waals surface area contributed by atoms with Crippen LogP contribution in [0.4, 0.5) is 5.69 Å². The van der Waals surface area contributed by atoms with Crippen molar-refractivity contribution in [3.63, 3.8) is 0 Å². The predicted octanol–water partition coefficient (Wildman–Crippen LogP) is 2.18. The van der Waals surface area contributed by atoms with Crippen LogP contribution in [-0.2, 0) is 0 Å². The smallest absolute Gasteiger partial charge is 0.142 e. The van der Waals surface area contributed by atoms with Gasteiger partial charge in [-0.3, -0.25) is 0 Å². The molecular weight excluding hydrogens is 200 g/mol. The van der Waals surface area contributed by atoms with Crippen molar-refractivity contribution < 1.29 is 4.74 Å². The van der Waals surface area contributed by atoms with Gasteiger partial charge >= 0.3 is 0 Å². The summed E-state index contributed by atoms with van der Waals surface area (Å²) < 4.78 is 5.36. The maximum absolute atomic E-state index is 5.49. The summed E-state index contributed by atoms with van der Waals surface area (Å²) in [6.07, 6.45) is 2.18. The van der Waals surface area contributed by atoms with E-state index in [0.717, 1.165) is 37.4 Å². The van der Waals surface area contributed by atoms with Gasteiger partial charge in [-0.2, -0.15) is 0 Å². The average Bonchev–Trinajstić information content (AvgIpc) is 2.29. The van der Waals surface area contributed by atoms with E-state index in [1.54, 1.807) is 7.11 Å². The first-order chi connectivity index (χ1) is 7.69. The van der Waals surface area contributed by atoms with Crippen molar-refractivity contribution in [2.24, 2.45) is 5.73 Å². The third-order valence-corrected chi connectivity index (χ3v) is 2.69. The molecule has 3 nitrogen and oxygen atoms in total. The molecular formula is C13H22N2O. The summed E-state index contributed by atoms with van der Waals surface area (Å²) in [5.41, 5.74) is 7.89. The van der Waals surface area contributed by atoms with Crippen LogP contribution in [0.2, 0.25) is 0 Å². The molecule has 0 saturated carbocycles. The second kappa shape index (κ2) is 6.38. The lowest BCUT2D eigenvalue weighted by Gasteiger charge is -2.22. The van der Waals surface area contributed by atoms with Gasteiger partial charge in [-0.05, 0) is 44.0 Å². The van der Waals surface area contributed by atoms with Gasteiger partial charge in [0.15, 0.2) is 0 Å². The zero-order valence-corrected chi connectivity index (χ0v) is 10.5. The Balaban J connectivity index is 2.72. The quantitative estimate of drug-likeness (QED) is 0.750. The Kier molecular flexibility index (Phi) is 5.12. The number of rotatable bonds is 6. The predicted molar refractivity (Wildman–Crippen MR) is 69.3 cm³/mol. The van der Waals surface area contributed by atoms with E-state index in [0.29, 0.717) is 0 Å². The zero-order valence-electron chi connectivity index (χ0n) is 10.5. The first-order valence-corrected chi connectivity index (χ1v) is 5.75. The molecule has 0 radical (unpaired) electrons. The van der Waals surface area contributed by atoms with Gasteiger partial charge < -0.3 is 15.4 Å². The van der Waals surface area contributed by atoms with Crippen LogP contribution in [0.1, 0.15) is 18.4 Å². The fraction of sp³-hybridized carbons (Fsp3) is 0.538. The summed E-state index contributed by atoms with van der Waals surface area (Å²) >= 11 is 0. The van der Waals surface area contributed by atoms with Gasteiger partial charge in [-0.1, -0.05) is 6.07 Å². The maximum Gasteiger partial charge on any atom is 0.142 e. The van der Waals surface area contributed by atoms with E-state index in [-0.39, 0.29) is 0 Å². The Bertz CT molecular complexity index is 326. The van der Waals surface area contributed by atoms with Crippen molar-refractivity contribution in [3.8, 4) is 5.75 Å². The van der Waals surface area contributed by atoms with Crippen molar-refractivity contribution >= 4 is 5.69 Å². The van der Waals surface area contributed by atoms with Crippen molar-refractivity contribution in [1.29, 1.82) is 0 Å². The van der Waals surface area contributed by atoms with Crippen LogP contribution >= 0.6 is 0 Å². The lowest BCUT2D eigenvalue weighted by atomic mass is 10.2. The molecule has 1 aromatic carbocycles. The summed E-state index contributed by atoms with van der Waals surface area (Å²) in [5.74, 6) is 0.931. The highest BCUT2D eigenvalue weighted by Crippen LogP contribution is 2.28. The molecule has 1 rings (SSSR count). The highest BCUT2D eigenvalue weighted by atomic mass is 16.5. The summed E-state index contributed by atoms with van der Waals surface area (Å²) in [5, 5.41) is 0. The largest absolute Gasteiger partial charge is 0.495 e. The van der Waals surface area contributed by atoms with Crippen molar-refractivity contribution in [3.05, 3.63) is 23.8 Å². The van der Waals surface area contributed by atoms with Crippen LogP contribution < -0.4 is 15.4 Å². The molecule has 1 aromatic rings. The Morgan fingerprint density at radius 1 is 1.31 bits per heavy atom. The van der Waals surface area contributed by atoms with E-state index in [2.05, 4.69) is 31.0 Å². The second-order valence-corrected chi connectivity index (χ2v) is 4.09. The SMILES string of the molecule is COc1ccc(C)cc1N(C)CCCCN. The van der Waals surface area contributed by atoms with Gasteiger partial charge in [0.2, 0.25) is 0 Å². The molecule has 3 heteroatoms. The standard InChI is InChI=1S/C13H22N2O/c1-11-6-7-13(16-3)12(10-11)15(2)9-5-4-8-14/h6-7,10H,4-5,8-9,14H2,1-3H3. The third kappa shape index (κ3) is 3.42. The molecule has 0 saturated heterocycles. The van der Waals surface area contributed by atoms with Crippen LogP contribution in [-0.4, -0.2) is 27.2 Å². The molecule has 0 aromatic heterocycles. The Morgan fingerprint density at radius 2 is 2.06 bits per heavy atom. The molecule has 0 amide bonds. The average molecular weight is 222 g/mol. The van der Waals surface area contributed by atoms with Gasteiger partial charge in [0.05, 0.1) is 12.8 Å². The zero-order chi connectivity index (χ0) is 12.0. The van der Waals surface area contributed by atoms with E-state index in [1.807, 2.05) is 6.07 Å². The van der Waals surface area contributed by atoms with Crippen molar-refractivity contribution in [2.75, 3.05) is 32.1 Å². The van der Waals surface area contributed by atoms with Crippen LogP contribution in [0, 0.1) is 6.92 Å². The minimum Gasteiger partial charge on any atom is -0.495 e. The lowest BCUT2D eigenvalue weighted by molar-refractivity contribution is 0.414. The Labute approximate surface area is 98.2 Å². The molecule has 0 fully saturated rings. The number of nitrogens with zero attached hydrogens (tertiary/aromatic N) is 1. The maximum atomic E-state index is 5.49. The minimum absolute atomic E-state index is 0.763. The number of anilines is 1. The van der Waals surface area contributed by atoms with Crippen LogP contribution in [0.3, 0.4) is 0 Å². The van der Waals surface area contributed by atoms with E-state index in [1.165, 1.54) is 5.56 Å². The number of nitrogens with two attached hydrogens (primary N) is 1. The highest BCUT2D eigenvalue weighted by Gasteiger charge is 2.07. The molecule has 2 N–H and O–H groups in total. The monoisotopic (exact) mass is 222 g/mol.